The second-order valence-corrected chi connectivity index (χ2v) is 4.58. The first kappa shape index (κ1) is 12.5. The Morgan fingerprint density at radius 3 is 2.15 bits per heavy atom. The van der Waals surface area contributed by atoms with Crippen LogP contribution < -0.4 is 0 Å². The smallest absolute Gasteiger partial charge is 0.264 e. The molecule has 0 saturated carbocycles. The first-order valence-electron chi connectivity index (χ1n) is 4.45. The molecule has 0 aromatic rings. The van der Waals surface area contributed by atoms with Crippen LogP contribution in [0.4, 0.5) is 0 Å². The van der Waals surface area contributed by atoms with Gasteiger partial charge in [-0.2, -0.15) is 8.42 Å². The van der Waals surface area contributed by atoms with Crippen LogP contribution in [-0.4, -0.2) is 18.7 Å². The molecule has 0 aromatic heterocycles. The quantitative estimate of drug-likeness (QED) is 0.391. The van der Waals surface area contributed by atoms with Crippen molar-refractivity contribution in [2.75, 3.05) is 5.75 Å². The minimum atomic E-state index is -3.75. The molecule has 0 amide bonds. The van der Waals surface area contributed by atoms with Crippen LogP contribution in [-0.2, 0) is 10.1 Å². The molecule has 13 heavy (non-hydrogen) atoms. The summed E-state index contributed by atoms with van der Waals surface area (Å²) in [5.41, 5.74) is 0. The van der Waals surface area contributed by atoms with Crippen LogP contribution in [0.1, 0.15) is 38.5 Å². The van der Waals surface area contributed by atoms with Crippen LogP contribution in [0.3, 0.4) is 0 Å². The van der Waals surface area contributed by atoms with E-state index in [1.807, 2.05) is 0 Å². The summed E-state index contributed by atoms with van der Waals surface area (Å²) < 4.78 is 29.0. The van der Waals surface area contributed by atoms with Crippen molar-refractivity contribution in [3.05, 3.63) is 0 Å². The minimum absolute atomic E-state index is 0.123. The van der Waals surface area contributed by atoms with Gasteiger partial charge in [0.15, 0.2) is 0 Å². The highest BCUT2D eigenvalue weighted by Crippen LogP contribution is 2.05. The van der Waals surface area contributed by atoms with E-state index >= 15 is 0 Å². The summed E-state index contributed by atoms with van der Waals surface area (Å²) in [7, 11) is -3.75. The fourth-order valence-electron chi connectivity index (χ4n) is 1.04. The van der Waals surface area contributed by atoms with E-state index in [9.17, 15) is 8.42 Å². The lowest BCUT2D eigenvalue weighted by Gasteiger charge is -1.98. The summed E-state index contributed by atoms with van der Waals surface area (Å²) in [5, 5.41) is 0. The molecule has 0 bridgehead atoms. The van der Waals surface area contributed by atoms with Crippen molar-refractivity contribution in [3.8, 4) is 12.3 Å². The average molecular weight is 204 g/mol. The number of hydrogen-bond donors (Lipinski definition) is 1. The van der Waals surface area contributed by atoms with E-state index in [0.29, 0.717) is 6.42 Å². The van der Waals surface area contributed by atoms with Crippen LogP contribution >= 0.6 is 0 Å². The Balaban J connectivity index is 3.14. The molecule has 0 rings (SSSR count). The van der Waals surface area contributed by atoms with Gasteiger partial charge in [0, 0.05) is 6.42 Å². The fourth-order valence-corrected chi connectivity index (χ4v) is 1.61. The van der Waals surface area contributed by atoms with Gasteiger partial charge in [-0.1, -0.05) is 19.3 Å². The molecule has 0 heterocycles. The predicted molar refractivity (Wildman–Crippen MR) is 53.0 cm³/mol. The van der Waals surface area contributed by atoms with Gasteiger partial charge in [0.25, 0.3) is 10.1 Å². The van der Waals surface area contributed by atoms with Crippen molar-refractivity contribution in [1.29, 1.82) is 0 Å². The molecule has 0 atom stereocenters. The van der Waals surface area contributed by atoms with Crippen LogP contribution in [0.2, 0.25) is 0 Å². The molecule has 0 aliphatic rings. The Morgan fingerprint density at radius 1 is 1.08 bits per heavy atom. The van der Waals surface area contributed by atoms with E-state index in [4.69, 9.17) is 11.0 Å². The number of unbranched alkanes of at least 4 members (excludes halogenated alkanes) is 5. The Bertz CT molecular complexity index is 249. The summed E-state index contributed by atoms with van der Waals surface area (Å²) >= 11 is 0. The largest absolute Gasteiger partial charge is 0.286 e. The van der Waals surface area contributed by atoms with Crippen LogP contribution in [0.25, 0.3) is 0 Å². The molecule has 0 spiro atoms. The van der Waals surface area contributed by atoms with Gasteiger partial charge >= 0.3 is 0 Å². The highest BCUT2D eigenvalue weighted by Gasteiger charge is 2.02. The second kappa shape index (κ2) is 6.93. The third-order valence-electron chi connectivity index (χ3n) is 1.72. The zero-order valence-corrected chi connectivity index (χ0v) is 8.52. The maximum atomic E-state index is 10.3. The normalized spacial score (nSPS) is 11.1. The molecule has 0 unspecified atom stereocenters. The molecule has 0 aliphatic carbocycles. The summed E-state index contributed by atoms with van der Waals surface area (Å²) in [4.78, 5) is 0. The van der Waals surface area contributed by atoms with E-state index in [-0.39, 0.29) is 5.75 Å². The number of hydrogen-bond acceptors (Lipinski definition) is 2. The van der Waals surface area contributed by atoms with Gasteiger partial charge in [0.2, 0.25) is 0 Å². The van der Waals surface area contributed by atoms with E-state index in [0.717, 1.165) is 32.1 Å². The van der Waals surface area contributed by atoms with Gasteiger partial charge in [0.1, 0.15) is 0 Å². The maximum absolute atomic E-state index is 10.3. The third-order valence-corrected chi connectivity index (χ3v) is 2.53. The molecule has 76 valence electrons. The second-order valence-electron chi connectivity index (χ2n) is 3.01. The topological polar surface area (TPSA) is 54.4 Å². The number of rotatable bonds is 7. The Morgan fingerprint density at radius 2 is 1.62 bits per heavy atom. The zero-order chi connectivity index (χ0) is 10.2. The van der Waals surface area contributed by atoms with E-state index in [2.05, 4.69) is 5.92 Å². The minimum Gasteiger partial charge on any atom is -0.286 e. The molecule has 0 radical (unpaired) electrons. The average Bonchev–Trinajstić information content (AvgIpc) is 2.01. The molecule has 1 N–H and O–H groups in total. The first-order chi connectivity index (χ1) is 6.06. The highest BCUT2D eigenvalue weighted by molar-refractivity contribution is 7.85. The Labute approximate surface area is 80.3 Å². The highest BCUT2D eigenvalue weighted by atomic mass is 32.2. The number of terminal acetylenes is 1. The van der Waals surface area contributed by atoms with E-state index in [1.54, 1.807) is 0 Å². The molecule has 0 saturated heterocycles. The van der Waals surface area contributed by atoms with E-state index in [1.165, 1.54) is 0 Å². The van der Waals surface area contributed by atoms with Gasteiger partial charge in [-0.25, -0.2) is 0 Å². The lowest BCUT2D eigenvalue weighted by atomic mass is 10.1. The molecular weight excluding hydrogens is 188 g/mol. The molecule has 0 aromatic carbocycles. The van der Waals surface area contributed by atoms with Crippen molar-refractivity contribution < 1.29 is 13.0 Å². The van der Waals surface area contributed by atoms with Gasteiger partial charge in [-0.15, -0.1) is 12.3 Å². The monoisotopic (exact) mass is 204 g/mol. The van der Waals surface area contributed by atoms with Gasteiger partial charge in [0.05, 0.1) is 5.75 Å². The summed E-state index contributed by atoms with van der Waals surface area (Å²) in [6.45, 7) is 0. The van der Waals surface area contributed by atoms with Crippen LogP contribution in [0, 0.1) is 12.3 Å². The molecule has 0 fully saturated rings. The summed E-state index contributed by atoms with van der Waals surface area (Å²) in [6.07, 6.45) is 10.3. The fraction of sp³-hybridized carbons (Fsp3) is 0.778. The Kier molecular flexibility index (Phi) is 6.65. The molecule has 0 aliphatic heterocycles. The third kappa shape index (κ3) is 11.5. The summed E-state index contributed by atoms with van der Waals surface area (Å²) in [6, 6.07) is 0. The van der Waals surface area contributed by atoms with Crippen molar-refractivity contribution in [2.24, 2.45) is 0 Å². The van der Waals surface area contributed by atoms with Crippen LogP contribution in [0.5, 0.6) is 0 Å². The SMILES string of the molecule is C#CCCCCCCCS(=O)(=O)O. The molecule has 3 nitrogen and oxygen atoms in total. The molecular formula is C9H16O3S. The summed E-state index contributed by atoms with van der Waals surface area (Å²) in [5.74, 6) is 2.42. The lowest BCUT2D eigenvalue weighted by Crippen LogP contribution is -2.03. The van der Waals surface area contributed by atoms with Crippen molar-refractivity contribution in [1.82, 2.24) is 0 Å². The van der Waals surface area contributed by atoms with Gasteiger partial charge in [-0.05, 0) is 12.8 Å². The van der Waals surface area contributed by atoms with E-state index < -0.39 is 10.1 Å². The van der Waals surface area contributed by atoms with Gasteiger partial charge < -0.3 is 0 Å². The lowest BCUT2D eigenvalue weighted by molar-refractivity contribution is 0.479. The predicted octanol–water partition coefficient (Wildman–Crippen LogP) is 1.85. The zero-order valence-electron chi connectivity index (χ0n) is 7.70. The Hall–Kier alpha value is -0.530. The first-order valence-corrected chi connectivity index (χ1v) is 6.06. The maximum Gasteiger partial charge on any atom is 0.264 e. The van der Waals surface area contributed by atoms with Crippen LogP contribution in [0.15, 0.2) is 0 Å². The van der Waals surface area contributed by atoms with Crippen molar-refractivity contribution in [3.63, 3.8) is 0 Å². The van der Waals surface area contributed by atoms with Gasteiger partial charge in [-0.3, -0.25) is 4.55 Å². The van der Waals surface area contributed by atoms with Crippen molar-refractivity contribution in [2.45, 2.75) is 38.5 Å². The standard InChI is InChI=1S/C9H16O3S/c1-2-3-4-5-6-7-8-9-13(10,11)12/h1H,3-9H2,(H,10,11,12). The van der Waals surface area contributed by atoms with Crippen molar-refractivity contribution >= 4 is 10.1 Å². The molecule has 4 heteroatoms.